The Labute approximate surface area is 119 Å². The molecule has 0 amide bonds. The van der Waals surface area contributed by atoms with Crippen LogP contribution in [0.25, 0.3) is 0 Å². The second-order valence-corrected chi connectivity index (χ2v) is 6.48. The van der Waals surface area contributed by atoms with Gasteiger partial charge in [-0.3, -0.25) is 4.79 Å². The van der Waals surface area contributed by atoms with E-state index in [1.807, 2.05) is 0 Å². The lowest BCUT2D eigenvalue weighted by atomic mass is 9.77. The lowest BCUT2D eigenvalue weighted by Gasteiger charge is -2.38. The van der Waals surface area contributed by atoms with Crippen LogP contribution in [0.4, 0.5) is 0 Å². The number of hydrogen-bond acceptors (Lipinski definition) is 4. The van der Waals surface area contributed by atoms with Gasteiger partial charge in [-0.15, -0.1) is 0 Å². The first-order chi connectivity index (χ1) is 9.12. The van der Waals surface area contributed by atoms with Crippen molar-refractivity contribution in [1.29, 1.82) is 0 Å². The van der Waals surface area contributed by atoms with Crippen molar-refractivity contribution in [2.45, 2.75) is 57.8 Å². The van der Waals surface area contributed by atoms with Crippen LogP contribution < -0.4 is 11.0 Å². The Morgan fingerprint density at radius 3 is 2.40 bits per heavy atom. The van der Waals surface area contributed by atoms with Crippen LogP contribution in [0.3, 0.4) is 0 Å². The van der Waals surface area contributed by atoms with Gasteiger partial charge in [0, 0.05) is 18.3 Å². The summed E-state index contributed by atoms with van der Waals surface area (Å²) < 4.78 is 7.21. The standard InChI is InChI=1S/C14H22BNO4/c1-13(2,18)14(3,4)20-15(19)10-5-8-12(17)16(9-10)11-6-7-11/h5,8-9,11,18-19H,6-7H2,1-4H3. The van der Waals surface area contributed by atoms with Gasteiger partial charge in [-0.1, -0.05) is 6.07 Å². The molecule has 1 aliphatic rings. The summed E-state index contributed by atoms with van der Waals surface area (Å²) >= 11 is 0. The molecule has 0 atom stereocenters. The second kappa shape index (κ2) is 5.02. The molecule has 0 radical (unpaired) electrons. The van der Waals surface area contributed by atoms with Crippen molar-refractivity contribution in [2.24, 2.45) is 0 Å². The molecule has 0 aliphatic heterocycles. The first kappa shape index (κ1) is 15.3. The molecule has 0 saturated heterocycles. The number of hydrogen-bond donors (Lipinski definition) is 2. The molecule has 0 bridgehead atoms. The van der Waals surface area contributed by atoms with E-state index in [1.54, 1.807) is 44.5 Å². The number of nitrogens with zero attached hydrogens (tertiary/aromatic N) is 1. The van der Waals surface area contributed by atoms with E-state index in [1.165, 1.54) is 6.07 Å². The monoisotopic (exact) mass is 279 g/mol. The predicted octanol–water partition coefficient (Wildman–Crippen LogP) is 0.437. The fourth-order valence-corrected chi connectivity index (χ4v) is 1.80. The highest BCUT2D eigenvalue weighted by Gasteiger charge is 2.39. The van der Waals surface area contributed by atoms with E-state index in [-0.39, 0.29) is 11.6 Å². The van der Waals surface area contributed by atoms with Gasteiger partial charge in [-0.2, -0.15) is 0 Å². The molecule has 1 aromatic heterocycles. The normalized spacial score (nSPS) is 16.3. The lowest BCUT2D eigenvalue weighted by Crippen LogP contribution is -2.53. The Morgan fingerprint density at radius 2 is 1.90 bits per heavy atom. The molecule has 1 fully saturated rings. The summed E-state index contributed by atoms with van der Waals surface area (Å²) in [5.74, 6) is 0. The Hall–Kier alpha value is -1.11. The fourth-order valence-electron chi connectivity index (χ4n) is 1.80. The van der Waals surface area contributed by atoms with E-state index in [4.69, 9.17) is 4.65 Å². The average Bonchev–Trinajstić information content (AvgIpc) is 3.11. The molecular formula is C14H22BNO4. The highest BCUT2D eigenvalue weighted by molar-refractivity contribution is 6.60. The van der Waals surface area contributed by atoms with Gasteiger partial charge < -0.3 is 19.4 Å². The second-order valence-electron chi connectivity index (χ2n) is 6.48. The quantitative estimate of drug-likeness (QED) is 0.767. The summed E-state index contributed by atoms with van der Waals surface area (Å²) in [5.41, 5.74) is -1.56. The van der Waals surface area contributed by atoms with Gasteiger partial charge in [0.15, 0.2) is 0 Å². The summed E-state index contributed by atoms with van der Waals surface area (Å²) in [7, 11) is -1.18. The first-order valence-electron chi connectivity index (χ1n) is 6.92. The van der Waals surface area contributed by atoms with Crippen LogP contribution in [0.2, 0.25) is 0 Å². The summed E-state index contributed by atoms with van der Waals surface area (Å²) in [6.07, 6.45) is 3.63. The van der Waals surface area contributed by atoms with Crippen LogP contribution in [-0.2, 0) is 4.65 Å². The van der Waals surface area contributed by atoms with Crippen LogP contribution in [0.5, 0.6) is 0 Å². The van der Waals surface area contributed by atoms with Crippen LogP contribution in [-0.4, -0.2) is 33.0 Å². The molecule has 1 heterocycles. The minimum Gasteiger partial charge on any atom is -0.423 e. The zero-order valence-corrected chi connectivity index (χ0v) is 12.5. The maximum atomic E-state index is 11.7. The zero-order valence-electron chi connectivity index (χ0n) is 12.5. The van der Waals surface area contributed by atoms with Gasteiger partial charge in [-0.25, -0.2) is 0 Å². The fraction of sp³-hybridized carbons (Fsp3) is 0.643. The van der Waals surface area contributed by atoms with E-state index in [9.17, 15) is 14.9 Å². The number of pyridine rings is 1. The third-order valence-electron chi connectivity index (χ3n) is 4.07. The predicted molar refractivity (Wildman–Crippen MR) is 78.0 cm³/mol. The molecule has 2 rings (SSSR count). The average molecular weight is 279 g/mol. The Kier molecular flexibility index (Phi) is 3.84. The summed E-state index contributed by atoms with van der Waals surface area (Å²) in [6.45, 7) is 6.69. The highest BCUT2D eigenvalue weighted by Crippen LogP contribution is 2.33. The number of aromatic nitrogens is 1. The van der Waals surface area contributed by atoms with Crippen molar-refractivity contribution in [1.82, 2.24) is 4.57 Å². The van der Waals surface area contributed by atoms with Gasteiger partial charge in [-0.05, 0) is 46.0 Å². The van der Waals surface area contributed by atoms with Crippen molar-refractivity contribution >= 4 is 12.6 Å². The van der Waals surface area contributed by atoms with Crippen molar-refractivity contribution < 1.29 is 14.8 Å². The summed E-state index contributed by atoms with van der Waals surface area (Å²) in [4.78, 5) is 11.7. The van der Waals surface area contributed by atoms with E-state index < -0.39 is 18.3 Å². The molecule has 0 spiro atoms. The van der Waals surface area contributed by atoms with Gasteiger partial charge >= 0.3 is 7.12 Å². The molecule has 20 heavy (non-hydrogen) atoms. The van der Waals surface area contributed by atoms with Crippen molar-refractivity contribution in [3.63, 3.8) is 0 Å². The zero-order chi connectivity index (χ0) is 15.1. The van der Waals surface area contributed by atoms with Crippen LogP contribution >= 0.6 is 0 Å². The highest BCUT2D eigenvalue weighted by atomic mass is 16.5. The molecule has 2 N–H and O–H groups in total. The van der Waals surface area contributed by atoms with E-state index in [0.717, 1.165) is 12.8 Å². The smallest absolute Gasteiger partial charge is 0.423 e. The van der Waals surface area contributed by atoms with E-state index in [0.29, 0.717) is 5.46 Å². The summed E-state index contributed by atoms with van der Waals surface area (Å²) in [6, 6.07) is 3.25. The Balaban J connectivity index is 2.19. The molecule has 5 nitrogen and oxygen atoms in total. The molecule has 0 aromatic carbocycles. The maximum Gasteiger partial charge on any atom is 0.493 e. The molecule has 1 saturated carbocycles. The summed E-state index contributed by atoms with van der Waals surface area (Å²) in [5, 5.41) is 20.2. The van der Waals surface area contributed by atoms with Crippen LogP contribution in [0, 0.1) is 0 Å². The molecule has 0 unspecified atom stereocenters. The van der Waals surface area contributed by atoms with Gasteiger partial charge in [0.05, 0.1) is 11.2 Å². The Bertz CT molecular complexity index is 543. The van der Waals surface area contributed by atoms with Gasteiger partial charge in [0.1, 0.15) is 0 Å². The maximum absolute atomic E-state index is 11.7. The first-order valence-corrected chi connectivity index (χ1v) is 6.92. The van der Waals surface area contributed by atoms with Crippen molar-refractivity contribution in [2.75, 3.05) is 0 Å². The molecular weight excluding hydrogens is 257 g/mol. The molecule has 110 valence electrons. The molecule has 1 aromatic rings. The van der Waals surface area contributed by atoms with Crippen molar-refractivity contribution in [3.05, 3.63) is 28.7 Å². The van der Waals surface area contributed by atoms with Crippen LogP contribution in [0.1, 0.15) is 46.6 Å². The van der Waals surface area contributed by atoms with Gasteiger partial charge in [0.25, 0.3) is 5.56 Å². The largest absolute Gasteiger partial charge is 0.493 e. The van der Waals surface area contributed by atoms with Crippen molar-refractivity contribution in [3.8, 4) is 0 Å². The third kappa shape index (κ3) is 3.14. The topological polar surface area (TPSA) is 71.7 Å². The number of rotatable bonds is 5. The van der Waals surface area contributed by atoms with Crippen LogP contribution in [0.15, 0.2) is 23.1 Å². The SMILES string of the molecule is CC(C)(O)C(C)(C)OB(O)c1ccc(=O)n(C2CC2)c1. The minimum atomic E-state index is -1.18. The van der Waals surface area contributed by atoms with Gasteiger partial charge in [0.2, 0.25) is 0 Å². The number of aliphatic hydroxyl groups is 1. The van der Waals surface area contributed by atoms with E-state index in [2.05, 4.69) is 0 Å². The molecule has 1 aliphatic carbocycles. The minimum absolute atomic E-state index is 0.0646. The van der Waals surface area contributed by atoms with E-state index >= 15 is 0 Å². The Morgan fingerprint density at radius 1 is 1.30 bits per heavy atom. The lowest BCUT2D eigenvalue weighted by molar-refractivity contribution is -0.0982. The third-order valence-corrected chi connectivity index (χ3v) is 4.07. The molecule has 6 heteroatoms.